The van der Waals surface area contributed by atoms with E-state index in [1.165, 1.54) is 0 Å². The molecule has 0 saturated carbocycles. The number of rotatable bonds is 4. The van der Waals surface area contributed by atoms with E-state index in [2.05, 4.69) is 5.32 Å². The second kappa shape index (κ2) is 6.68. The lowest BCUT2D eigenvalue weighted by Gasteiger charge is -2.25. The summed E-state index contributed by atoms with van der Waals surface area (Å²) in [7, 11) is 3.31. The minimum Gasteiger partial charge on any atom is -0.383 e. The van der Waals surface area contributed by atoms with Crippen molar-refractivity contribution in [2.24, 2.45) is 0 Å². The zero-order valence-corrected chi connectivity index (χ0v) is 13.5. The predicted molar refractivity (Wildman–Crippen MR) is 85.5 cm³/mol. The first kappa shape index (κ1) is 16.0. The van der Waals surface area contributed by atoms with Gasteiger partial charge in [0.25, 0.3) is 5.91 Å². The van der Waals surface area contributed by atoms with E-state index in [1.807, 2.05) is 17.0 Å². The van der Waals surface area contributed by atoms with E-state index in [4.69, 9.17) is 9.47 Å². The number of fused-ring (bicyclic) bond motifs is 1. The fourth-order valence-electron chi connectivity index (χ4n) is 3.33. The van der Waals surface area contributed by atoms with Gasteiger partial charge in [0, 0.05) is 38.4 Å². The van der Waals surface area contributed by atoms with Crippen molar-refractivity contribution >= 4 is 17.5 Å². The summed E-state index contributed by atoms with van der Waals surface area (Å²) in [6.45, 7) is 1.09. The Hall–Kier alpha value is -1.92. The molecule has 1 fully saturated rings. The van der Waals surface area contributed by atoms with Crippen LogP contribution >= 0.6 is 0 Å². The molecule has 6 heteroatoms. The Labute approximate surface area is 135 Å². The monoisotopic (exact) mass is 318 g/mol. The number of hydrogen-bond donors (Lipinski definition) is 1. The predicted octanol–water partition coefficient (Wildman–Crippen LogP) is 1.45. The number of methoxy groups -OCH3 is 2. The summed E-state index contributed by atoms with van der Waals surface area (Å²) in [4.78, 5) is 26.1. The zero-order valence-electron chi connectivity index (χ0n) is 13.5. The summed E-state index contributed by atoms with van der Waals surface area (Å²) in [5.74, 6) is 0.0190. The van der Waals surface area contributed by atoms with E-state index in [9.17, 15) is 9.59 Å². The summed E-state index contributed by atoms with van der Waals surface area (Å²) in [6, 6.07) is 5.51. The molecule has 1 N–H and O–H groups in total. The second-order valence-electron chi connectivity index (χ2n) is 6.08. The van der Waals surface area contributed by atoms with Crippen molar-refractivity contribution in [3.05, 3.63) is 29.3 Å². The molecule has 1 aromatic carbocycles. The largest absolute Gasteiger partial charge is 0.383 e. The lowest BCUT2D eigenvalue weighted by molar-refractivity contribution is -0.116. The first-order valence-electron chi connectivity index (χ1n) is 7.88. The molecule has 0 aromatic heterocycles. The number of amides is 2. The molecule has 2 aliphatic heterocycles. The molecule has 0 spiro atoms. The smallest absolute Gasteiger partial charge is 0.254 e. The van der Waals surface area contributed by atoms with Gasteiger partial charge in [-0.2, -0.15) is 0 Å². The molecule has 0 aliphatic carbocycles. The van der Waals surface area contributed by atoms with Gasteiger partial charge in [-0.25, -0.2) is 0 Å². The van der Waals surface area contributed by atoms with Crippen molar-refractivity contribution in [1.29, 1.82) is 0 Å². The first-order valence-corrected chi connectivity index (χ1v) is 7.88. The van der Waals surface area contributed by atoms with Gasteiger partial charge in [-0.05, 0) is 36.6 Å². The zero-order chi connectivity index (χ0) is 16.4. The number of nitrogens with one attached hydrogen (secondary N) is 1. The van der Waals surface area contributed by atoms with Crippen LogP contribution in [0.15, 0.2) is 18.2 Å². The van der Waals surface area contributed by atoms with Crippen LogP contribution in [0.2, 0.25) is 0 Å². The van der Waals surface area contributed by atoms with Crippen molar-refractivity contribution in [3.63, 3.8) is 0 Å². The molecule has 2 heterocycles. The number of ether oxygens (including phenoxy) is 2. The maximum absolute atomic E-state index is 12.9. The average molecular weight is 318 g/mol. The standard InChI is InChI=1S/C17H22N2O4/c1-22-10-13-8-14(23-2)9-19(13)17(21)12-3-5-15-11(7-12)4-6-16(20)18-15/h3,5,7,13-14H,4,6,8-10H2,1-2H3,(H,18,20)/t13-,14+/m0/s1. The van der Waals surface area contributed by atoms with Crippen LogP contribution < -0.4 is 5.32 Å². The molecule has 3 rings (SSSR count). The molecule has 1 saturated heterocycles. The third kappa shape index (κ3) is 3.23. The van der Waals surface area contributed by atoms with Gasteiger partial charge in [0.1, 0.15) is 0 Å². The highest BCUT2D eigenvalue weighted by Gasteiger charge is 2.35. The summed E-state index contributed by atoms with van der Waals surface area (Å²) < 4.78 is 10.6. The lowest BCUT2D eigenvalue weighted by atomic mass is 10.00. The number of hydrogen-bond acceptors (Lipinski definition) is 4. The number of benzene rings is 1. The Morgan fingerprint density at radius 2 is 2.17 bits per heavy atom. The maximum Gasteiger partial charge on any atom is 0.254 e. The molecule has 124 valence electrons. The topological polar surface area (TPSA) is 67.9 Å². The van der Waals surface area contributed by atoms with Crippen LogP contribution in [0.1, 0.15) is 28.8 Å². The fourth-order valence-corrected chi connectivity index (χ4v) is 3.33. The number of likely N-dealkylation sites (tertiary alicyclic amines) is 1. The van der Waals surface area contributed by atoms with Gasteiger partial charge in [-0.15, -0.1) is 0 Å². The number of carbonyl (C=O) groups is 2. The van der Waals surface area contributed by atoms with Crippen molar-refractivity contribution in [3.8, 4) is 0 Å². The van der Waals surface area contributed by atoms with E-state index < -0.39 is 0 Å². The van der Waals surface area contributed by atoms with Gasteiger partial charge in [0.2, 0.25) is 5.91 Å². The summed E-state index contributed by atoms with van der Waals surface area (Å²) in [5, 5.41) is 2.84. The van der Waals surface area contributed by atoms with Crippen molar-refractivity contribution in [2.75, 3.05) is 32.7 Å². The average Bonchev–Trinajstić information content (AvgIpc) is 2.97. The third-order valence-corrected chi connectivity index (χ3v) is 4.58. The highest BCUT2D eigenvalue weighted by Crippen LogP contribution is 2.27. The molecule has 23 heavy (non-hydrogen) atoms. The van der Waals surface area contributed by atoms with E-state index in [0.717, 1.165) is 17.7 Å². The molecular formula is C17H22N2O4. The van der Waals surface area contributed by atoms with Gasteiger partial charge in [-0.3, -0.25) is 9.59 Å². The number of carbonyl (C=O) groups excluding carboxylic acids is 2. The quantitative estimate of drug-likeness (QED) is 0.912. The highest BCUT2D eigenvalue weighted by atomic mass is 16.5. The Morgan fingerprint density at radius 1 is 1.35 bits per heavy atom. The van der Waals surface area contributed by atoms with E-state index >= 15 is 0 Å². The number of nitrogens with zero attached hydrogens (tertiary/aromatic N) is 1. The Morgan fingerprint density at radius 3 is 2.91 bits per heavy atom. The van der Waals surface area contributed by atoms with Gasteiger partial charge in [-0.1, -0.05) is 0 Å². The molecular weight excluding hydrogens is 296 g/mol. The molecule has 1 aromatic rings. The molecule has 2 atom stereocenters. The summed E-state index contributed by atoms with van der Waals surface area (Å²) >= 11 is 0. The van der Waals surface area contributed by atoms with Gasteiger partial charge < -0.3 is 19.7 Å². The fraction of sp³-hybridized carbons (Fsp3) is 0.529. The van der Waals surface area contributed by atoms with Gasteiger partial charge >= 0.3 is 0 Å². The molecule has 0 radical (unpaired) electrons. The lowest BCUT2D eigenvalue weighted by Crippen LogP contribution is -2.38. The molecule has 0 bridgehead atoms. The molecule has 6 nitrogen and oxygen atoms in total. The molecule has 2 aliphatic rings. The van der Waals surface area contributed by atoms with E-state index in [-0.39, 0.29) is 24.0 Å². The molecule has 0 unspecified atom stereocenters. The maximum atomic E-state index is 12.9. The Balaban J connectivity index is 1.80. The highest BCUT2D eigenvalue weighted by molar-refractivity contribution is 5.98. The van der Waals surface area contributed by atoms with Gasteiger partial charge in [0.15, 0.2) is 0 Å². The van der Waals surface area contributed by atoms with Crippen LogP contribution in [-0.4, -0.2) is 56.2 Å². The van der Waals surface area contributed by atoms with Crippen LogP contribution in [0.3, 0.4) is 0 Å². The van der Waals surface area contributed by atoms with E-state index in [0.29, 0.717) is 31.6 Å². The van der Waals surface area contributed by atoms with Crippen LogP contribution in [0.25, 0.3) is 0 Å². The minimum absolute atomic E-state index is 0.00806. The normalized spacial score (nSPS) is 23.6. The summed E-state index contributed by atoms with van der Waals surface area (Å²) in [6.07, 6.45) is 1.98. The van der Waals surface area contributed by atoms with Crippen LogP contribution in [-0.2, 0) is 20.7 Å². The Kier molecular flexibility index (Phi) is 4.63. The first-order chi connectivity index (χ1) is 11.1. The Bertz CT molecular complexity index is 617. The molecule has 2 amide bonds. The van der Waals surface area contributed by atoms with Crippen molar-refractivity contribution in [2.45, 2.75) is 31.4 Å². The number of aryl methyl sites for hydroxylation is 1. The van der Waals surface area contributed by atoms with Crippen LogP contribution in [0.5, 0.6) is 0 Å². The van der Waals surface area contributed by atoms with Crippen molar-refractivity contribution in [1.82, 2.24) is 4.90 Å². The summed E-state index contributed by atoms with van der Waals surface area (Å²) in [5.41, 5.74) is 2.47. The van der Waals surface area contributed by atoms with Gasteiger partial charge in [0.05, 0.1) is 18.8 Å². The van der Waals surface area contributed by atoms with E-state index in [1.54, 1.807) is 20.3 Å². The number of anilines is 1. The SMILES string of the molecule is COC[C@@H]1C[C@@H](OC)CN1C(=O)c1ccc2c(c1)CCC(=O)N2. The third-order valence-electron chi connectivity index (χ3n) is 4.58. The van der Waals surface area contributed by atoms with Crippen LogP contribution in [0, 0.1) is 0 Å². The minimum atomic E-state index is -0.00806. The van der Waals surface area contributed by atoms with Crippen LogP contribution in [0.4, 0.5) is 5.69 Å². The van der Waals surface area contributed by atoms with Crippen molar-refractivity contribution < 1.29 is 19.1 Å². The second-order valence-corrected chi connectivity index (χ2v) is 6.08.